The number of halogens is 1. The van der Waals surface area contributed by atoms with Crippen molar-refractivity contribution in [2.24, 2.45) is 0 Å². The SMILES string of the molecule is Cl.O=C(CC1CCCc2ccccc21)N1C2CCNCC1CC2. The van der Waals surface area contributed by atoms with Crippen molar-refractivity contribution in [3.8, 4) is 0 Å². The van der Waals surface area contributed by atoms with Gasteiger partial charge in [-0.2, -0.15) is 0 Å². The molecule has 2 fully saturated rings. The lowest BCUT2D eigenvalue weighted by Gasteiger charge is -2.31. The molecule has 3 atom stereocenters. The van der Waals surface area contributed by atoms with E-state index in [2.05, 4.69) is 34.5 Å². The number of amides is 1. The molecule has 2 saturated heterocycles. The molecule has 4 rings (SSSR count). The zero-order valence-electron chi connectivity index (χ0n) is 13.7. The van der Waals surface area contributed by atoms with Gasteiger partial charge >= 0.3 is 0 Å². The first-order valence-electron chi connectivity index (χ1n) is 8.92. The van der Waals surface area contributed by atoms with Gasteiger partial charge in [0.15, 0.2) is 0 Å². The van der Waals surface area contributed by atoms with E-state index in [9.17, 15) is 4.79 Å². The van der Waals surface area contributed by atoms with Crippen LogP contribution in [0.25, 0.3) is 0 Å². The van der Waals surface area contributed by atoms with Crippen molar-refractivity contribution in [1.82, 2.24) is 10.2 Å². The van der Waals surface area contributed by atoms with Gasteiger partial charge in [0.25, 0.3) is 0 Å². The van der Waals surface area contributed by atoms with Crippen molar-refractivity contribution in [3.63, 3.8) is 0 Å². The largest absolute Gasteiger partial charge is 0.335 e. The van der Waals surface area contributed by atoms with Gasteiger partial charge in [0.1, 0.15) is 0 Å². The second-order valence-electron chi connectivity index (χ2n) is 7.17. The number of carbonyl (C=O) groups excluding carboxylic acids is 1. The minimum atomic E-state index is 0. The van der Waals surface area contributed by atoms with E-state index in [1.807, 2.05) is 0 Å². The Morgan fingerprint density at radius 3 is 2.87 bits per heavy atom. The minimum Gasteiger partial charge on any atom is -0.335 e. The summed E-state index contributed by atoms with van der Waals surface area (Å²) in [4.78, 5) is 15.2. The summed E-state index contributed by atoms with van der Waals surface area (Å²) in [5, 5.41) is 3.49. The van der Waals surface area contributed by atoms with Gasteiger partial charge in [-0.25, -0.2) is 0 Å². The fraction of sp³-hybridized carbons (Fsp3) is 0.632. The van der Waals surface area contributed by atoms with E-state index >= 15 is 0 Å². The molecule has 1 aromatic rings. The number of hydrogen-bond donors (Lipinski definition) is 1. The number of nitrogens with one attached hydrogen (secondary N) is 1. The first-order valence-corrected chi connectivity index (χ1v) is 8.92. The molecule has 0 radical (unpaired) electrons. The Bertz CT molecular complexity index is 548. The number of carbonyl (C=O) groups is 1. The van der Waals surface area contributed by atoms with Crippen molar-refractivity contribution in [1.29, 1.82) is 0 Å². The van der Waals surface area contributed by atoms with Crippen LogP contribution in [0.1, 0.15) is 55.6 Å². The van der Waals surface area contributed by atoms with Crippen LogP contribution in [0.15, 0.2) is 24.3 Å². The van der Waals surface area contributed by atoms with Gasteiger partial charge in [0, 0.05) is 25.0 Å². The van der Waals surface area contributed by atoms with Gasteiger partial charge in [0.05, 0.1) is 0 Å². The number of aryl methyl sites for hydroxylation is 1. The van der Waals surface area contributed by atoms with Crippen LogP contribution in [0.3, 0.4) is 0 Å². The van der Waals surface area contributed by atoms with Crippen LogP contribution in [0.4, 0.5) is 0 Å². The summed E-state index contributed by atoms with van der Waals surface area (Å²) >= 11 is 0. The molecular weight excluding hydrogens is 308 g/mol. The predicted octanol–water partition coefficient (Wildman–Crippen LogP) is 3.27. The van der Waals surface area contributed by atoms with Gasteiger partial charge in [-0.15, -0.1) is 12.4 Å². The zero-order valence-corrected chi connectivity index (χ0v) is 14.5. The predicted molar refractivity (Wildman–Crippen MR) is 95.1 cm³/mol. The molecule has 23 heavy (non-hydrogen) atoms. The van der Waals surface area contributed by atoms with Crippen molar-refractivity contribution in [2.45, 2.75) is 62.9 Å². The third kappa shape index (κ3) is 3.27. The molecule has 0 spiro atoms. The maximum Gasteiger partial charge on any atom is 0.223 e. The second-order valence-corrected chi connectivity index (χ2v) is 7.17. The van der Waals surface area contributed by atoms with Gasteiger partial charge in [-0.3, -0.25) is 4.79 Å². The zero-order chi connectivity index (χ0) is 14.9. The molecular formula is C19H27ClN2O. The second kappa shape index (κ2) is 7.23. The van der Waals surface area contributed by atoms with E-state index in [1.54, 1.807) is 0 Å². The molecule has 1 aromatic carbocycles. The van der Waals surface area contributed by atoms with Crippen LogP contribution >= 0.6 is 12.4 Å². The van der Waals surface area contributed by atoms with Crippen molar-refractivity contribution in [3.05, 3.63) is 35.4 Å². The number of nitrogens with zero attached hydrogens (tertiary/aromatic N) is 1. The highest BCUT2D eigenvalue weighted by Gasteiger charge is 2.38. The number of hydrogen-bond acceptors (Lipinski definition) is 2. The highest BCUT2D eigenvalue weighted by Crippen LogP contribution is 2.36. The Morgan fingerprint density at radius 1 is 1.13 bits per heavy atom. The minimum absolute atomic E-state index is 0. The summed E-state index contributed by atoms with van der Waals surface area (Å²) in [5.74, 6) is 0.839. The summed E-state index contributed by atoms with van der Waals surface area (Å²) < 4.78 is 0. The summed E-state index contributed by atoms with van der Waals surface area (Å²) in [6.45, 7) is 2.06. The maximum absolute atomic E-state index is 13.0. The Morgan fingerprint density at radius 2 is 1.96 bits per heavy atom. The monoisotopic (exact) mass is 334 g/mol. The number of benzene rings is 1. The first-order chi connectivity index (χ1) is 10.8. The van der Waals surface area contributed by atoms with E-state index in [0.717, 1.165) is 19.5 Å². The summed E-state index contributed by atoms with van der Waals surface area (Å²) in [5.41, 5.74) is 2.90. The molecule has 3 aliphatic rings. The van der Waals surface area contributed by atoms with Gasteiger partial charge in [-0.05, 0) is 62.1 Å². The van der Waals surface area contributed by atoms with Crippen LogP contribution in [-0.2, 0) is 11.2 Å². The van der Waals surface area contributed by atoms with E-state index in [4.69, 9.17) is 0 Å². The standard InChI is InChI=1S/C19H26N2O.ClH/c22-19(21-16-8-9-17(21)13-20-11-10-16)12-15-6-3-5-14-4-1-2-7-18(14)15;/h1-2,4,7,15-17,20H,3,5-6,8-13H2;1H. The third-order valence-corrected chi connectivity index (χ3v) is 5.86. The lowest BCUT2D eigenvalue weighted by atomic mass is 9.81. The Hall–Kier alpha value is -1.06. The molecule has 0 aromatic heterocycles. The van der Waals surface area contributed by atoms with Gasteiger partial charge in [-0.1, -0.05) is 24.3 Å². The molecule has 4 heteroatoms. The topological polar surface area (TPSA) is 32.3 Å². The summed E-state index contributed by atoms with van der Waals surface area (Å²) in [6, 6.07) is 9.67. The van der Waals surface area contributed by atoms with Crippen LogP contribution in [-0.4, -0.2) is 36.0 Å². The smallest absolute Gasteiger partial charge is 0.223 e. The highest BCUT2D eigenvalue weighted by atomic mass is 35.5. The molecule has 2 bridgehead atoms. The molecule has 1 aliphatic carbocycles. The molecule has 3 unspecified atom stereocenters. The summed E-state index contributed by atoms with van der Waals surface area (Å²) in [6.07, 6.45) is 7.81. The lowest BCUT2D eigenvalue weighted by molar-refractivity contribution is -0.134. The van der Waals surface area contributed by atoms with E-state index in [0.29, 0.717) is 30.3 Å². The summed E-state index contributed by atoms with van der Waals surface area (Å²) in [7, 11) is 0. The molecule has 1 amide bonds. The number of fused-ring (bicyclic) bond motifs is 3. The quantitative estimate of drug-likeness (QED) is 0.900. The van der Waals surface area contributed by atoms with Gasteiger partial charge < -0.3 is 10.2 Å². The lowest BCUT2D eigenvalue weighted by Crippen LogP contribution is -2.43. The normalized spacial score (nSPS) is 29.4. The Labute approximate surface area is 145 Å². The fourth-order valence-electron chi connectivity index (χ4n) is 4.77. The van der Waals surface area contributed by atoms with E-state index in [1.165, 1.54) is 43.2 Å². The van der Waals surface area contributed by atoms with Crippen LogP contribution in [0.5, 0.6) is 0 Å². The third-order valence-electron chi connectivity index (χ3n) is 5.86. The Balaban J connectivity index is 0.00000156. The number of rotatable bonds is 2. The molecule has 3 nitrogen and oxygen atoms in total. The van der Waals surface area contributed by atoms with Crippen molar-refractivity contribution >= 4 is 18.3 Å². The van der Waals surface area contributed by atoms with Crippen LogP contribution < -0.4 is 5.32 Å². The van der Waals surface area contributed by atoms with E-state index in [-0.39, 0.29) is 12.4 Å². The van der Waals surface area contributed by atoms with Crippen molar-refractivity contribution < 1.29 is 4.79 Å². The van der Waals surface area contributed by atoms with Crippen LogP contribution in [0.2, 0.25) is 0 Å². The van der Waals surface area contributed by atoms with E-state index < -0.39 is 0 Å². The average Bonchev–Trinajstić information content (AvgIpc) is 2.81. The molecule has 2 heterocycles. The first kappa shape index (κ1) is 16.8. The molecule has 126 valence electrons. The highest BCUT2D eigenvalue weighted by molar-refractivity contribution is 5.85. The molecule has 2 aliphatic heterocycles. The average molecular weight is 335 g/mol. The van der Waals surface area contributed by atoms with Gasteiger partial charge in [0.2, 0.25) is 5.91 Å². The van der Waals surface area contributed by atoms with Crippen LogP contribution in [0, 0.1) is 0 Å². The Kier molecular flexibility index (Phi) is 5.27. The molecule has 0 saturated carbocycles. The fourth-order valence-corrected chi connectivity index (χ4v) is 4.77. The van der Waals surface area contributed by atoms with Crippen molar-refractivity contribution in [2.75, 3.05) is 13.1 Å². The molecule has 1 N–H and O–H groups in total. The maximum atomic E-state index is 13.0.